The van der Waals surface area contributed by atoms with Crippen LogP contribution in [0.2, 0.25) is 0 Å². The lowest BCUT2D eigenvalue weighted by molar-refractivity contribution is 0.260. The Hall–Kier alpha value is -1.43. The molecule has 0 aliphatic rings. The molecule has 0 unspecified atom stereocenters. The van der Waals surface area contributed by atoms with Gasteiger partial charge in [-0.1, -0.05) is 47.8 Å². The zero-order valence-corrected chi connectivity index (χ0v) is 18.5. The predicted molar refractivity (Wildman–Crippen MR) is 120 cm³/mol. The Morgan fingerprint density at radius 1 is 1.04 bits per heavy atom. The van der Waals surface area contributed by atoms with Gasteiger partial charge in [-0.25, -0.2) is 0 Å². The number of unbranched alkanes of at least 4 members (excludes halogenated alkanes) is 2. The Kier molecular flexibility index (Phi) is 7.68. The van der Waals surface area contributed by atoms with Gasteiger partial charge in [-0.05, 0) is 68.3 Å². The number of halogens is 1. The molecule has 1 aromatic heterocycles. The molecule has 0 N–H and O–H groups in total. The van der Waals surface area contributed by atoms with Crippen LogP contribution in [-0.2, 0) is 0 Å². The molecule has 0 amide bonds. The van der Waals surface area contributed by atoms with E-state index in [1.165, 1.54) is 47.4 Å². The van der Waals surface area contributed by atoms with Crippen LogP contribution < -0.4 is 4.74 Å². The van der Waals surface area contributed by atoms with Crippen LogP contribution in [0.5, 0.6) is 5.75 Å². The van der Waals surface area contributed by atoms with Crippen LogP contribution in [0.3, 0.4) is 0 Å². The zero-order valence-electron chi connectivity index (χ0n) is 16.1. The van der Waals surface area contributed by atoms with E-state index >= 15 is 0 Å². The molecule has 0 aliphatic heterocycles. The molecule has 3 aromatic rings. The van der Waals surface area contributed by atoms with Crippen molar-refractivity contribution >= 4 is 37.5 Å². The van der Waals surface area contributed by atoms with Gasteiger partial charge >= 0.3 is 0 Å². The molecule has 0 aliphatic carbocycles. The standard InChI is InChI=1S/C22H27BrN2OS/c1-3-4-5-13-25(2)14-6-15-26-19-11-12-20-21(16-19)27-24-22(20)17-7-9-18(23)10-8-17/h7-12,16H,3-6,13-15H2,1-2H3. The summed E-state index contributed by atoms with van der Waals surface area (Å²) in [7, 11) is 2.20. The van der Waals surface area contributed by atoms with Crippen molar-refractivity contribution in [1.29, 1.82) is 0 Å². The van der Waals surface area contributed by atoms with Gasteiger partial charge in [0.05, 0.1) is 17.0 Å². The van der Waals surface area contributed by atoms with E-state index in [1.807, 2.05) is 0 Å². The largest absolute Gasteiger partial charge is 0.493 e. The van der Waals surface area contributed by atoms with Gasteiger partial charge in [0.25, 0.3) is 0 Å². The van der Waals surface area contributed by atoms with Crippen molar-refractivity contribution in [3.05, 3.63) is 46.9 Å². The molecule has 5 heteroatoms. The molecule has 0 bridgehead atoms. The van der Waals surface area contributed by atoms with Crippen molar-refractivity contribution in [3.8, 4) is 17.0 Å². The van der Waals surface area contributed by atoms with Crippen LogP contribution in [0.25, 0.3) is 21.3 Å². The van der Waals surface area contributed by atoms with Crippen LogP contribution in [0.1, 0.15) is 32.6 Å². The lowest BCUT2D eigenvalue weighted by atomic mass is 10.1. The number of rotatable bonds is 10. The third-order valence-corrected chi connectivity index (χ3v) is 5.99. The maximum absolute atomic E-state index is 5.97. The first-order valence-electron chi connectivity index (χ1n) is 9.64. The Morgan fingerprint density at radius 3 is 2.59 bits per heavy atom. The highest BCUT2D eigenvalue weighted by atomic mass is 79.9. The minimum absolute atomic E-state index is 0.752. The van der Waals surface area contributed by atoms with Crippen molar-refractivity contribution in [2.24, 2.45) is 0 Å². The summed E-state index contributed by atoms with van der Waals surface area (Å²) >= 11 is 5.02. The summed E-state index contributed by atoms with van der Waals surface area (Å²) in [5.41, 5.74) is 2.19. The number of fused-ring (bicyclic) bond motifs is 1. The third kappa shape index (κ3) is 5.77. The van der Waals surface area contributed by atoms with Gasteiger partial charge in [0.15, 0.2) is 0 Å². The molecule has 0 fully saturated rings. The van der Waals surface area contributed by atoms with E-state index in [4.69, 9.17) is 4.74 Å². The second kappa shape index (κ2) is 10.2. The fourth-order valence-corrected chi connectivity index (χ4v) is 4.18. The average molecular weight is 447 g/mol. The lowest BCUT2D eigenvalue weighted by Gasteiger charge is -2.16. The van der Waals surface area contributed by atoms with Gasteiger partial charge in [-0.15, -0.1) is 0 Å². The Bertz CT molecular complexity index is 847. The van der Waals surface area contributed by atoms with Crippen molar-refractivity contribution in [3.63, 3.8) is 0 Å². The summed E-state index contributed by atoms with van der Waals surface area (Å²) in [4.78, 5) is 2.40. The molecule has 1 heterocycles. The smallest absolute Gasteiger partial charge is 0.120 e. The van der Waals surface area contributed by atoms with Gasteiger partial charge < -0.3 is 9.64 Å². The quantitative estimate of drug-likeness (QED) is 0.327. The first kappa shape index (κ1) is 20.3. The maximum atomic E-state index is 5.97. The number of nitrogens with zero attached hydrogens (tertiary/aromatic N) is 2. The summed E-state index contributed by atoms with van der Waals surface area (Å²) in [6.07, 6.45) is 4.93. The Morgan fingerprint density at radius 2 is 1.81 bits per heavy atom. The second-order valence-corrected chi connectivity index (χ2v) is 8.63. The summed E-state index contributed by atoms with van der Waals surface area (Å²) < 4.78 is 12.9. The Labute approximate surface area is 174 Å². The minimum Gasteiger partial charge on any atom is -0.493 e. The molecule has 0 saturated carbocycles. The van der Waals surface area contributed by atoms with E-state index in [2.05, 4.69) is 81.6 Å². The molecule has 0 saturated heterocycles. The van der Waals surface area contributed by atoms with E-state index in [0.29, 0.717) is 0 Å². The van der Waals surface area contributed by atoms with Crippen molar-refractivity contribution in [2.75, 3.05) is 26.7 Å². The topological polar surface area (TPSA) is 25.4 Å². The maximum Gasteiger partial charge on any atom is 0.120 e. The van der Waals surface area contributed by atoms with E-state index in [-0.39, 0.29) is 0 Å². The Balaban J connectivity index is 1.54. The molecular formula is C22H27BrN2OS. The molecule has 144 valence electrons. The van der Waals surface area contributed by atoms with Gasteiger partial charge in [-0.3, -0.25) is 0 Å². The summed E-state index contributed by atoms with van der Waals surface area (Å²) in [5.74, 6) is 0.933. The van der Waals surface area contributed by atoms with Gasteiger partial charge in [0.1, 0.15) is 5.75 Å². The van der Waals surface area contributed by atoms with Crippen LogP contribution in [0.15, 0.2) is 46.9 Å². The van der Waals surface area contributed by atoms with Crippen molar-refractivity contribution in [1.82, 2.24) is 9.27 Å². The molecule has 0 radical (unpaired) electrons. The zero-order chi connectivity index (χ0) is 19.1. The monoisotopic (exact) mass is 446 g/mol. The first-order chi connectivity index (χ1) is 13.2. The number of aromatic nitrogens is 1. The minimum atomic E-state index is 0.752. The number of hydrogen-bond acceptors (Lipinski definition) is 4. The highest BCUT2D eigenvalue weighted by Crippen LogP contribution is 2.33. The SMILES string of the molecule is CCCCCN(C)CCCOc1ccc2c(-c3ccc(Br)cc3)nsc2c1. The van der Waals surface area contributed by atoms with Gasteiger partial charge in [0, 0.05) is 22.0 Å². The highest BCUT2D eigenvalue weighted by Gasteiger charge is 2.09. The molecule has 2 aromatic carbocycles. The summed E-state index contributed by atoms with van der Waals surface area (Å²) in [6.45, 7) is 5.26. The van der Waals surface area contributed by atoms with Crippen molar-refractivity contribution < 1.29 is 4.74 Å². The van der Waals surface area contributed by atoms with E-state index in [9.17, 15) is 0 Å². The average Bonchev–Trinajstić information content (AvgIpc) is 3.09. The third-order valence-electron chi connectivity index (χ3n) is 4.66. The number of benzene rings is 2. The van der Waals surface area contributed by atoms with E-state index in [1.54, 1.807) is 0 Å². The molecular weight excluding hydrogens is 420 g/mol. The lowest BCUT2D eigenvalue weighted by Crippen LogP contribution is -2.22. The van der Waals surface area contributed by atoms with Gasteiger partial charge in [0.2, 0.25) is 0 Å². The molecule has 0 atom stereocenters. The van der Waals surface area contributed by atoms with Crippen LogP contribution in [-0.4, -0.2) is 36.0 Å². The van der Waals surface area contributed by atoms with Crippen LogP contribution >= 0.6 is 27.5 Å². The highest BCUT2D eigenvalue weighted by molar-refractivity contribution is 9.10. The molecule has 3 rings (SSSR count). The molecule has 3 nitrogen and oxygen atoms in total. The van der Waals surface area contributed by atoms with Crippen LogP contribution in [0, 0.1) is 0 Å². The fraction of sp³-hybridized carbons (Fsp3) is 0.409. The summed E-state index contributed by atoms with van der Waals surface area (Å²) in [6, 6.07) is 14.6. The summed E-state index contributed by atoms with van der Waals surface area (Å²) in [5, 5.41) is 1.19. The molecule has 0 spiro atoms. The number of ether oxygens (including phenoxy) is 1. The molecule has 27 heavy (non-hydrogen) atoms. The predicted octanol–water partition coefficient (Wildman–Crippen LogP) is 6.62. The van der Waals surface area contributed by atoms with Gasteiger partial charge in [-0.2, -0.15) is 4.37 Å². The van der Waals surface area contributed by atoms with Crippen LogP contribution in [0.4, 0.5) is 0 Å². The fourth-order valence-electron chi connectivity index (χ4n) is 3.09. The normalized spacial score (nSPS) is 11.4. The second-order valence-electron chi connectivity index (χ2n) is 6.91. The number of hydrogen-bond donors (Lipinski definition) is 0. The van der Waals surface area contributed by atoms with E-state index < -0.39 is 0 Å². The van der Waals surface area contributed by atoms with Crippen molar-refractivity contribution in [2.45, 2.75) is 32.6 Å². The van der Waals surface area contributed by atoms with E-state index in [0.717, 1.165) is 41.1 Å². The first-order valence-corrected chi connectivity index (χ1v) is 11.2.